The van der Waals surface area contributed by atoms with Crippen molar-refractivity contribution in [2.24, 2.45) is 7.05 Å². The number of carbonyl (C=O) groups is 1. The van der Waals surface area contributed by atoms with Gasteiger partial charge in [0.25, 0.3) is 5.91 Å². The van der Waals surface area contributed by atoms with Crippen LogP contribution in [0.2, 0.25) is 0 Å². The monoisotopic (exact) mass is 195 g/mol. The fourth-order valence-corrected chi connectivity index (χ4v) is 1.33. The summed E-state index contributed by atoms with van der Waals surface area (Å²) in [4.78, 5) is 11.6. The van der Waals surface area contributed by atoms with Gasteiger partial charge in [0.15, 0.2) is 11.5 Å². The van der Waals surface area contributed by atoms with Crippen LogP contribution in [0, 0.1) is 0 Å². The van der Waals surface area contributed by atoms with Crippen molar-refractivity contribution in [2.75, 3.05) is 5.73 Å². The molecule has 76 valence electrons. The van der Waals surface area contributed by atoms with Gasteiger partial charge in [-0.25, -0.2) is 4.68 Å². The summed E-state index contributed by atoms with van der Waals surface area (Å²) in [5.41, 5.74) is 5.84. The highest BCUT2D eigenvalue weighted by atomic mass is 16.2. The minimum Gasteiger partial charge on any atom is -0.382 e. The van der Waals surface area contributed by atoms with Gasteiger partial charge in [0.2, 0.25) is 0 Å². The van der Waals surface area contributed by atoms with E-state index in [2.05, 4.69) is 15.6 Å². The minimum atomic E-state index is -0.222. The number of nitrogen functional groups attached to an aromatic ring is 1. The van der Waals surface area contributed by atoms with E-state index in [1.54, 1.807) is 7.05 Å². The van der Waals surface area contributed by atoms with Gasteiger partial charge >= 0.3 is 0 Å². The third-order valence-corrected chi connectivity index (χ3v) is 2.53. The Labute approximate surface area is 81.5 Å². The predicted octanol–water partition coefficient (Wildman–Crippen LogP) is -0.320. The van der Waals surface area contributed by atoms with Crippen LogP contribution >= 0.6 is 0 Å². The van der Waals surface area contributed by atoms with Gasteiger partial charge in [-0.2, -0.15) is 0 Å². The van der Waals surface area contributed by atoms with Crippen LogP contribution in [0.3, 0.4) is 0 Å². The molecule has 2 rings (SSSR count). The molecule has 0 unspecified atom stereocenters. The number of hydrogen-bond acceptors (Lipinski definition) is 4. The molecule has 1 heterocycles. The Morgan fingerprint density at radius 2 is 2.36 bits per heavy atom. The van der Waals surface area contributed by atoms with Crippen LogP contribution < -0.4 is 11.1 Å². The molecule has 0 radical (unpaired) electrons. The largest absolute Gasteiger partial charge is 0.382 e. The van der Waals surface area contributed by atoms with Crippen molar-refractivity contribution in [1.82, 2.24) is 20.3 Å². The van der Waals surface area contributed by atoms with Gasteiger partial charge in [-0.15, -0.1) is 5.10 Å². The Morgan fingerprint density at radius 3 is 2.79 bits per heavy atom. The minimum absolute atomic E-state index is 0.222. The lowest BCUT2D eigenvalue weighted by molar-refractivity contribution is 0.0912. The van der Waals surface area contributed by atoms with Crippen LogP contribution in [0.5, 0.6) is 0 Å². The van der Waals surface area contributed by atoms with Gasteiger partial charge in [-0.05, 0) is 19.3 Å². The Bertz CT molecular complexity index is 355. The van der Waals surface area contributed by atoms with Gasteiger partial charge in [-0.3, -0.25) is 4.79 Å². The van der Waals surface area contributed by atoms with E-state index in [0.29, 0.717) is 11.9 Å². The molecule has 6 heteroatoms. The summed E-state index contributed by atoms with van der Waals surface area (Å²) < 4.78 is 1.38. The van der Waals surface area contributed by atoms with Crippen LogP contribution in [-0.2, 0) is 7.05 Å². The smallest absolute Gasteiger partial charge is 0.275 e. The number of anilines is 1. The normalized spacial score (nSPS) is 16.4. The summed E-state index contributed by atoms with van der Waals surface area (Å²) in [6.45, 7) is 0. The van der Waals surface area contributed by atoms with E-state index in [4.69, 9.17) is 5.73 Å². The molecule has 1 aromatic heterocycles. The summed E-state index contributed by atoms with van der Waals surface area (Å²) >= 11 is 0. The Morgan fingerprint density at radius 1 is 1.64 bits per heavy atom. The topological polar surface area (TPSA) is 85.8 Å². The van der Waals surface area contributed by atoms with Gasteiger partial charge in [0.05, 0.1) is 0 Å². The van der Waals surface area contributed by atoms with Crippen molar-refractivity contribution in [1.29, 1.82) is 0 Å². The Balaban J connectivity index is 2.06. The van der Waals surface area contributed by atoms with E-state index in [0.717, 1.165) is 12.8 Å². The number of carbonyl (C=O) groups excluding carboxylic acids is 1. The summed E-state index contributed by atoms with van der Waals surface area (Å²) in [5, 5.41) is 10.2. The molecule has 1 fully saturated rings. The fourth-order valence-electron chi connectivity index (χ4n) is 1.33. The highest BCUT2D eigenvalue weighted by Gasteiger charge is 2.23. The third kappa shape index (κ3) is 1.43. The second-order valence-corrected chi connectivity index (χ2v) is 3.55. The Hall–Kier alpha value is -1.59. The zero-order valence-corrected chi connectivity index (χ0v) is 8.03. The molecule has 14 heavy (non-hydrogen) atoms. The average molecular weight is 195 g/mol. The van der Waals surface area contributed by atoms with Gasteiger partial charge in [0, 0.05) is 13.1 Å². The molecule has 6 nitrogen and oxygen atoms in total. The number of nitrogens with two attached hydrogens (primary N) is 1. The number of aryl methyl sites for hydroxylation is 1. The number of aromatic nitrogens is 3. The predicted molar refractivity (Wildman–Crippen MR) is 50.5 cm³/mol. The molecule has 0 saturated heterocycles. The van der Waals surface area contributed by atoms with E-state index in [9.17, 15) is 4.79 Å². The maximum atomic E-state index is 11.6. The lowest BCUT2D eigenvalue weighted by atomic mass is 9.93. The molecule has 1 aliphatic carbocycles. The third-order valence-electron chi connectivity index (χ3n) is 2.53. The summed E-state index contributed by atoms with van der Waals surface area (Å²) in [5.74, 6) is 0.0853. The van der Waals surface area contributed by atoms with Crippen LogP contribution in [0.15, 0.2) is 0 Å². The molecular formula is C8H13N5O. The lowest BCUT2D eigenvalue weighted by Gasteiger charge is -2.25. The van der Waals surface area contributed by atoms with E-state index in [-0.39, 0.29) is 11.6 Å². The van der Waals surface area contributed by atoms with Crippen molar-refractivity contribution < 1.29 is 4.79 Å². The number of amides is 1. The average Bonchev–Trinajstić information content (AvgIpc) is 2.41. The van der Waals surface area contributed by atoms with Crippen molar-refractivity contribution in [3.8, 4) is 0 Å². The molecular weight excluding hydrogens is 182 g/mol. The molecule has 1 aromatic rings. The standard InChI is InChI=1S/C8H13N5O/c1-13-7(9)6(11-12-13)8(14)10-5-3-2-4-5/h5H,2-4,9H2,1H3,(H,10,14). The van der Waals surface area contributed by atoms with Crippen LogP contribution in [0.4, 0.5) is 5.82 Å². The van der Waals surface area contributed by atoms with E-state index in [1.165, 1.54) is 11.1 Å². The molecule has 1 saturated carbocycles. The zero-order chi connectivity index (χ0) is 10.1. The number of nitrogens with zero attached hydrogens (tertiary/aromatic N) is 3. The van der Waals surface area contributed by atoms with E-state index >= 15 is 0 Å². The van der Waals surface area contributed by atoms with Crippen molar-refractivity contribution in [3.63, 3.8) is 0 Å². The van der Waals surface area contributed by atoms with Gasteiger partial charge in [-0.1, -0.05) is 5.21 Å². The number of hydrogen-bond donors (Lipinski definition) is 2. The van der Waals surface area contributed by atoms with Crippen LogP contribution in [0.1, 0.15) is 29.8 Å². The molecule has 0 aliphatic heterocycles. The maximum Gasteiger partial charge on any atom is 0.275 e. The Kier molecular flexibility index (Phi) is 2.11. The SMILES string of the molecule is Cn1nnc(C(=O)NC2CCC2)c1N. The van der Waals surface area contributed by atoms with Crippen molar-refractivity contribution in [3.05, 3.63) is 5.69 Å². The number of rotatable bonds is 2. The quantitative estimate of drug-likeness (QED) is 0.677. The summed E-state index contributed by atoms with van der Waals surface area (Å²) in [6, 6.07) is 0.295. The molecule has 1 aliphatic rings. The van der Waals surface area contributed by atoms with Crippen LogP contribution in [0.25, 0.3) is 0 Å². The maximum absolute atomic E-state index is 11.6. The second kappa shape index (κ2) is 3.28. The highest BCUT2D eigenvalue weighted by Crippen LogP contribution is 2.18. The van der Waals surface area contributed by atoms with E-state index in [1.807, 2.05) is 0 Å². The van der Waals surface area contributed by atoms with Crippen molar-refractivity contribution in [2.45, 2.75) is 25.3 Å². The molecule has 0 bridgehead atoms. The molecule has 0 aromatic carbocycles. The zero-order valence-electron chi connectivity index (χ0n) is 8.03. The summed E-state index contributed by atoms with van der Waals surface area (Å²) in [6.07, 6.45) is 3.28. The van der Waals surface area contributed by atoms with Gasteiger partial charge < -0.3 is 11.1 Å². The molecule has 1 amide bonds. The first-order valence-corrected chi connectivity index (χ1v) is 4.64. The first-order valence-electron chi connectivity index (χ1n) is 4.64. The first-order chi connectivity index (χ1) is 6.68. The highest BCUT2D eigenvalue weighted by molar-refractivity contribution is 5.96. The second-order valence-electron chi connectivity index (χ2n) is 3.55. The molecule has 3 N–H and O–H groups in total. The molecule has 0 atom stereocenters. The first kappa shape index (κ1) is 8.98. The van der Waals surface area contributed by atoms with Gasteiger partial charge in [0.1, 0.15) is 0 Å². The van der Waals surface area contributed by atoms with Crippen LogP contribution in [-0.4, -0.2) is 26.9 Å². The lowest BCUT2D eigenvalue weighted by Crippen LogP contribution is -2.39. The van der Waals surface area contributed by atoms with E-state index < -0.39 is 0 Å². The van der Waals surface area contributed by atoms with Crippen molar-refractivity contribution >= 4 is 11.7 Å². The molecule has 0 spiro atoms. The number of nitrogens with one attached hydrogen (secondary N) is 1. The fraction of sp³-hybridized carbons (Fsp3) is 0.625. The summed E-state index contributed by atoms with van der Waals surface area (Å²) in [7, 11) is 1.66.